The quantitative estimate of drug-likeness (QED) is 0.707. The van der Waals surface area contributed by atoms with E-state index in [1.54, 1.807) is 31.2 Å². The third kappa shape index (κ3) is 5.08. The number of anilines is 2. The van der Waals surface area contributed by atoms with Crippen LogP contribution in [0.1, 0.15) is 30.0 Å². The molecule has 6 nitrogen and oxygen atoms in total. The summed E-state index contributed by atoms with van der Waals surface area (Å²) in [5.41, 5.74) is 4.34. The molecule has 0 aromatic heterocycles. The van der Waals surface area contributed by atoms with Crippen LogP contribution in [0.5, 0.6) is 0 Å². The summed E-state index contributed by atoms with van der Waals surface area (Å²) in [6, 6.07) is 12.5. The van der Waals surface area contributed by atoms with Crippen LogP contribution in [0.25, 0.3) is 0 Å². The minimum Gasteiger partial charge on any atom is -0.466 e. The van der Waals surface area contributed by atoms with Crippen molar-refractivity contribution in [3.63, 3.8) is 0 Å². The van der Waals surface area contributed by atoms with Gasteiger partial charge >= 0.3 is 12.0 Å². The monoisotopic (exact) mass is 368 g/mol. The number of aliphatic hydroxyl groups is 1. The maximum absolute atomic E-state index is 12.3. The van der Waals surface area contributed by atoms with Crippen molar-refractivity contribution in [2.24, 2.45) is 0 Å². The molecule has 1 unspecified atom stereocenters. The highest BCUT2D eigenvalue weighted by Gasteiger charge is 2.19. The van der Waals surface area contributed by atoms with Gasteiger partial charge in [-0.1, -0.05) is 24.3 Å². The van der Waals surface area contributed by atoms with Gasteiger partial charge in [-0.2, -0.15) is 0 Å². The first-order chi connectivity index (χ1) is 13.0. The molecule has 6 heteroatoms. The molecule has 0 heterocycles. The van der Waals surface area contributed by atoms with Gasteiger partial charge in [-0.3, -0.25) is 4.79 Å². The first kappa shape index (κ1) is 18.9. The molecule has 142 valence electrons. The fourth-order valence-electron chi connectivity index (χ4n) is 3.26. The number of amides is 2. The SMILES string of the molecule is CCOC(=O)Cc1ccc(NC(=O)Nc2cccc3c2CC(O)CC3)cc1. The molecule has 0 spiro atoms. The number of aliphatic hydroxyl groups excluding tert-OH is 1. The molecule has 0 saturated heterocycles. The van der Waals surface area contributed by atoms with Crippen LogP contribution in [0.3, 0.4) is 0 Å². The Kier molecular flexibility index (Phi) is 6.08. The summed E-state index contributed by atoms with van der Waals surface area (Å²) in [6.45, 7) is 2.13. The van der Waals surface area contributed by atoms with Gasteiger partial charge in [-0.25, -0.2) is 4.79 Å². The second kappa shape index (κ2) is 8.68. The molecular formula is C21H24N2O4. The third-order valence-electron chi connectivity index (χ3n) is 4.57. The molecule has 0 radical (unpaired) electrons. The normalized spacial score (nSPS) is 15.6. The molecule has 3 N–H and O–H groups in total. The summed E-state index contributed by atoms with van der Waals surface area (Å²) in [4.78, 5) is 23.8. The van der Waals surface area contributed by atoms with Crippen LogP contribution in [0.2, 0.25) is 0 Å². The second-order valence-electron chi connectivity index (χ2n) is 6.60. The van der Waals surface area contributed by atoms with Gasteiger partial charge in [0, 0.05) is 17.8 Å². The van der Waals surface area contributed by atoms with Crippen LogP contribution in [0, 0.1) is 0 Å². The lowest BCUT2D eigenvalue weighted by atomic mass is 9.88. The average molecular weight is 368 g/mol. The zero-order valence-corrected chi connectivity index (χ0v) is 15.3. The Hall–Kier alpha value is -2.86. The number of hydrogen-bond acceptors (Lipinski definition) is 4. The number of ether oxygens (including phenoxy) is 1. The van der Waals surface area contributed by atoms with Gasteiger partial charge in [0.2, 0.25) is 0 Å². The fraction of sp³-hybridized carbons (Fsp3) is 0.333. The van der Waals surface area contributed by atoms with E-state index < -0.39 is 0 Å². The van der Waals surface area contributed by atoms with Crippen molar-refractivity contribution in [3.8, 4) is 0 Å². The number of benzene rings is 2. The number of carbonyl (C=O) groups excluding carboxylic acids is 2. The van der Waals surface area contributed by atoms with Gasteiger partial charge in [0.05, 0.1) is 19.1 Å². The topological polar surface area (TPSA) is 87.7 Å². The van der Waals surface area contributed by atoms with Crippen molar-refractivity contribution in [2.45, 2.75) is 38.7 Å². The smallest absolute Gasteiger partial charge is 0.323 e. The van der Waals surface area contributed by atoms with Crippen LogP contribution >= 0.6 is 0 Å². The maximum atomic E-state index is 12.3. The van der Waals surface area contributed by atoms with E-state index in [0.717, 1.165) is 29.7 Å². The first-order valence-corrected chi connectivity index (χ1v) is 9.16. The molecule has 0 saturated carbocycles. The Bertz CT molecular complexity index is 817. The molecule has 2 amide bonds. The number of rotatable bonds is 5. The van der Waals surface area contributed by atoms with Crippen LogP contribution in [0.4, 0.5) is 16.2 Å². The predicted octanol–water partition coefficient (Wildman–Crippen LogP) is 3.29. The van der Waals surface area contributed by atoms with Crippen molar-refractivity contribution in [2.75, 3.05) is 17.2 Å². The fourth-order valence-corrected chi connectivity index (χ4v) is 3.26. The summed E-state index contributed by atoms with van der Waals surface area (Å²) in [5, 5.41) is 15.6. The number of nitrogens with one attached hydrogen (secondary N) is 2. The molecule has 0 aliphatic heterocycles. The van der Waals surface area contributed by atoms with Crippen LogP contribution in [0.15, 0.2) is 42.5 Å². The van der Waals surface area contributed by atoms with Crippen molar-refractivity contribution in [3.05, 3.63) is 59.2 Å². The number of fused-ring (bicyclic) bond motifs is 1. The van der Waals surface area contributed by atoms with Crippen LogP contribution in [-0.4, -0.2) is 29.8 Å². The Morgan fingerprint density at radius 3 is 2.67 bits per heavy atom. The Labute approximate surface area is 158 Å². The third-order valence-corrected chi connectivity index (χ3v) is 4.57. The minimum absolute atomic E-state index is 0.207. The number of aryl methyl sites for hydroxylation is 1. The van der Waals surface area contributed by atoms with E-state index in [1.165, 1.54) is 5.56 Å². The van der Waals surface area contributed by atoms with Gasteiger partial charge < -0.3 is 20.5 Å². The summed E-state index contributed by atoms with van der Waals surface area (Å²) in [6.07, 6.45) is 1.96. The number of carbonyl (C=O) groups is 2. The first-order valence-electron chi connectivity index (χ1n) is 9.16. The van der Waals surface area contributed by atoms with Gasteiger partial charge in [0.25, 0.3) is 0 Å². The highest BCUT2D eigenvalue weighted by molar-refractivity contribution is 6.00. The molecule has 0 bridgehead atoms. The second-order valence-corrected chi connectivity index (χ2v) is 6.60. The Morgan fingerprint density at radius 1 is 1.15 bits per heavy atom. The van der Waals surface area contributed by atoms with E-state index in [4.69, 9.17) is 4.74 Å². The molecule has 27 heavy (non-hydrogen) atoms. The lowest BCUT2D eigenvalue weighted by molar-refractivity contribution is -0.142. The van der Waals surface area contributed by atoms with Gasteiger partial charge in [0.15, 0.2) is 0 Å². The van der Waals surface area contributed by atoms with Gasteiger partial charge in [-0.05, 0) is 54.7 Å². The van der Waals surface area contributed by atoms with Crippen LogP contribution in [-0.2, 0) is 28.8 Å². The highest BCUT2D eigenvalue weighted by Crippen LogP contribution is 2.28. The largest absolute Gasteiger partial charge is 0.466 e. The molecule has 1 aliphatic rings. The van der Waals surface area contributed by atoms with E-state index in [0.29, 0.717) is 18.7 Å². The maximum Gasteiger partial charge on any atom is 0.323 e. The number of urea groups is 1. The van der Waals surface area contributed by atoms with E-state index in [2.05, 4.69) is 10.6 Å². The predicted molar refractivity (Wildman–Crippen MR) is 104 cm³/mol. The molecule has 3 rings (SSSR count). The summed E-state index contributed by atoms with van der Waals surface area (Å²) in [5.74, 6) is -0.271. The van der Waals surface area contributed by atoms with Crippen molar-refractivity contribution >= 4 is 23.4 Å². The highest BCUT2D eigenvalue weighted by atomic mass is 16.5. The summed E-state index contributed by atoms with van der Waals surface area (Å²) < 4.78 is 4.92. The van der Waals surface area contributed by atoms with Crippen LogP contribution < -0.4 is 10.6 Å². The lowest BCUT2D eigenvalue weighted by Crippen LogP contribution is -2.24. The summed E-state index contributed by atoms with van der Waals surface area (Å²) in [7, 11) is 0. The number of esters is 1. The standard InChI is InChI=1S/C21H24N2O4/c1-2-27-20(25)12-14-6-9-16(10-7-14)22-21(26)23-19-5-3-4-15-8-11-17(24)13-18(15)19/h3-7,9-10,17,24H,2,8,11-13H2,1H3,(H2,22,23,26). The van der Waals surface area contributed by atoms with Crippen molar-refractivity contribution in [1.82, 2.24) is 0 Å². The van der Waals surface area contributed by atoms with E-state index in [9.17, 15) is 14.7 Å². The molecular weight excluding hydrogens is 344 g/mol. The van der Waals surface area contributed by atoms with E-state index in [-0.39, 0.29) is 24.5 Å². The van der Waals surface area contributed by atoms with E-state index in [1.807, 2.05) is 18.2 Å². The average Bonchev–Trinajstić information content (AvgIpc) is 2.64. The molecule has 0 fully saturated rings. The molecule has 2 aromatic carbocycles. The van der Waals surface area contributed by atoms with E-state index >= 15 is 0 Å². The molecule has 2 aromatic rings. The van der Waals surface area contributed by atoms with Crippen molar-refractivity contribution < 1.29 is 19.4 Å². The van der Waals surface area contributed by atoms with Gasteiger partial charge in [0.1, 0.15) is 0 Å². The van der Waals surface area contributed by atoms with Gasteiger partial charge in [-0.15, -0.1) is 0 Å². The Morgan fingerprint density at radius 2 is 1.93 bits per heavy atom. The number of hydrogen-bond donors (Lipinski definition) is 3. The zero-order chi connectivity index (χ0) is 19.2. The molecule has 1 aliphatic carbocycles. The summed E-state index contributed by atoms with van der Waals surface area (Å²) >= 11 is 0. The zero-order valence-electron chi connectivity index (χ0n) is 15.3. The van der Waals surface area contributed by atoms with Crippen molar-refractivity contribution in [1.29, 1.82) is 0 Å². The molecule has 1 atom stereocenters. The minimum atomic E-state index is -0.365. The Balaban J connectivity index is 1.61. The lowest BCUT2D eigenvalue weighted by Gasteiger charge is -2.23.